The smallest absolute Gasteiger partial charge is 0.276 e. The molecule has 0 radical (unpaired) electrons. The third-order valence-electron chi connectivity index (χ3n) is 3.91. The van der Waals surface area contributed by atoms with E-state index in [0.717, 1.165) is 4.90 Å². The van der Waals surface area contributed by atoms with E-state index in [9.17, 15) is 14.4 Å². The minimum absolute atomic E-state index is 0.287. The van der Waals surface area contributed by atoms with Gasteiger partial charge in [0.2, 0.25) is 5.91 Å². The molecule has 1 aliphatic heterocycles. The number of anilines is 1. The van der Waals surface area contributed by atoms with Gasteiger partial charge in [0.25, 0.3) is 5.91 Å². The number of imide groups is 2. The van der Waals surface area contributed by atoms with Gasteiger partial charge < -0.3 is 0 Å². The Morgan fingerprint density at radius 2 is 1.90 bits per heavy atom. The zero-order valence-corrected chi connectivity index (χ0v) is 11.8. The minimum atomic E-state index is -1.24. The number of nitrogens with one attached hydrogen (secondary N) is 1. The zero-order chi connectivity index (χ0) is 15.6. The van der Waals surface area contributed by atoms with E-state index in [1.54, 1.807) is 32.0 Å². The molecule has 1 heterocycles. The standard InChI is InChI=1S/C15H15N3O3/c1-3-15(4-2)12(19)17-14(21)18(13(15)20)11-7-5-6-10(8-11)9-16/h5-8H,3-4H2,1-2H3,(H,17,19,21). The van der Waals surface area contributed by atoms with Crippen LogP contribution in [0.15, 0.2) is 24.3 Å². The predicted molar refractivity (Wildman–Crippen MR) is 75.2 cm³/mol. The molecule has 6 nitrogen and oxygen atoms in total. The number of benzene rings is 1. The summed E-state index contributed by atoms with van der Waals surface area (Å²) in [4.78, 5) is 37.7. The first-order valence-electron chi connectivity index (χ1n) is 6.70. The van der Waals surface area contributed by atoms with E-state index in [1.165, 1.54) is 6.07 Å². The molecule has 0 atom stereocenters. The van der Waals surface area contributed by atoms with Crippen LogP contribution >= 0.6 is 0 Å². The molecule has 0 spiro atoms. The number of urea groups is 1. The second-order valence-corrected chi connectivity index (χ2v) is 4.85. The number of carbonyl (C=O) groups excluding carboxylic acids is 3. The van der Waals surface area contributed by atoms with Crippen LogP contribution < -0.4 is 10.2 Å². The molecule has 0 unspecified atom stereocenters. The second-order valence-electron chi connectivity index (χ2n) is 4.85. The van der Waals surface area contributed by atoms with Crippen molar-refractivity contribution in [2.45, 2.75) is 26.7 Å². The Balaban J connectivity index is 2.52. The molecule has 2 rings (SSSR count). The zero-order valence-electron chi connectivity index (χ0n) is 11.8. The molecular weight excluding hydrogens is 270 g/mol. The number of amides is 4. The Morgan fingerprint density at radius 1 is 1.24 bits per heavy atom. The molecule has 0 bridgehead atoms. The van der Waals surface area contributed by atoms with Crippen LogP contribution in [0.4, 0.5) is 10.5 Å². The third-order valence-corrected chi connectivity index (χ3v) is 3.91. The fraction of sp³-hybridized carbons (Fsp3) is 0.333. The van der Waals surface area contributed by atoms with E-state index in [2.05, 4.69) is 5.32 Å². The Morgan fingerprint density at radius 3 is 2.48 bits per heavy atom. The maximum Gasteiger partial charge on any atom is 0.335 e. The predicted octanol–water partition coefficient (Wildman–Crippen LogP) is 1.95. The molecule has 1 N–H and O–H groups in total. The second kappa shape index (κ2) is 5.37. The highest BCUT2D eigenvalue weighted by Gasteiger charge is 2.51. The van der Waals surface area contributed by atoms with Crippen molar-refractivity contribution in [2.75, 3.05) is 4.90 Å². The molecular formula is C15H15N3O3. The van der Waals surface area contributed by atoms with Crippen molar-refractivity contribution in [3.63, 3.8) is 0 Å². The first-order valence-corrected chi connectivity index (χ1v) is 6.70. The molecule has 0 saturated carbocycles. The fourth-order valence-corrected chi connectivity index (χ4v) is 2.50. The lowest BCUT2D eigenvalue weighted by Gasteiger charge is -2.38. The van der Waals surface area contributed by atoms with Crippen LogP contribution in [0.2, 0.25) is 0 Å². The van der Waals surface area contributed by atoms with Crippen LogP contribution in [0.5, 0.6) is 0 Å². The Kier molecular flexibility index (Phi) is 3.76. The van der Waals surface area contributed by atoms with E-state index in [1.807, 2.05) is 6.07 Å². The lowest BCUT2D eigenvalue weighted by Crippen LogP contribution is -2.63. The van der Waals surface area contributed by atoms with Gasteiger partial charge in [-0.15, -0.1) is 0 Å². The van der Waals surface area contributed by atoms with Crippen LogP contribution in [-0.4, -0.2) is 17.8 Å². The largest absolute Gasteiger partial charge is 0.335 e. The summed E-state index contributed by atoms with van der Waals surface area (Å²) in [6, 6.07) is 7.35. The van der Waals surface area contributed by atoms with Gasteiger partial charge in [0.1, 0.15) is 5.41 Å². The molecule has 1 saturated heterocycles. The lowest BCUT2D eigenvalue weighted by atomic mass is 9.78. The molecule has 0 aliphatic carbocycles. The molecule has 1 aromatic rings. The Labute approximate surface area is 122 Å². The van der Waals surface area contributed by atoms with Crippen molar-refractivity contribution in [3.05, 3.63) is 29.8 Å². The maximum atomic E-state index is 12.7. The summed E-state index contributed by atoms with van der Waals surface area (Å²) < 4.78 is 0. The summed E-state index contributed by atoms with van der Waals surface area (Å²) in [5.41, 5.74) is -0.616. The first-order chi connectivity index (χ1) is 10.00. The van der Waals surface area contributed by atoms with Gasteiger partial charge in [0.05, 0.1) is 17.3 Å². The normalized spacial score (nSPS) is 17.4. The summed E-state index contributed by atoms with van der Waals surface area (Å²) in [7, 11) is 0. The van der Waals surface area contributed by atoms with Crippen LogP contribution in [0.3, 0.4) is 0 Å². The van der Waals surface area contributed by atoms with Gasteiger partial charge in [-0.05, 0) is 31.0 Å². The highest BCUT2D eigenvalue weighted by atomic mass is 16.2. The van der Waals surface area contributed by atoms with Crippen LogP contribution in [-0.2, 0) is 9.59 Å². The quantitative estimate of drug-likeness (QED) is 0.859. The van der Waals surface area contributed by atoms with Gasteiger partial charge in [-0.2, -0.15) is 5.26 Å². The lowest BCUT2D eigenvalue weighted by molar-refractivity contribution is -0.143. The van der Waals surface area contributed by atoms with Crippen molar-refractivity contribution in [3.8, 4) is 6.07 Å². The van der Waals surface area contributed by atoms with Crippen molar-refractivity contribution >= 4 is 23.5 Å². The molecule has 6 heteroatoms. The highest BCUT2D eigenvalue weighted by molar-refractivity contribution is 6.29. The average Bonchev–Trinajstić information content (AvgIpc) is 2.48. The van der Waals surface area contributed by atoms with Crippen molar-refractivity contribution < 1.29 is 14.4 Å². The van der Waals surface area contributed by atoms with Gasteiger partial charge in [0.15, 0.2) is 0 Å². The molecule has 108 valence electrons. The number of hydrogen-bond acceptors (Lipinski definition) is 4. The number of hydrogen-bond donors (Lipinski definition) is 1. The SMILES string of the molecule is CCC1(CC)C(=O)NC(=O)N(c2cccc(C#N)c2)C1=O. The summed E-state index contributed by atoms with van der Waals surface area (Å²) in [5.74, 6) is -1.11. The number of barbiturate groups is 1. The average molecular weight is 285 g/mol. The number of carbonyl (C=O) groups is 3. The van der Waals surface area contributed by atoms with E-state index in [4.69, 9.17) is 5.26 Å². The first kappa shape index (κ1) is 14.7. The van der Waals surface area contributed by atoms with Crippen LogP contribution in [0, 0.1) is 16.7 Å². The molecule has 1 aliphatic rings. The summed E-state index contributed by atoms with van der Waals surface area (Å²) in [6.45, 7) is 3.47. The number of rotatable bonds is 3. The van der Waals surface area contributed by atoms with Crippen molar-refractivity contribution in [2.24, 2.45) is 5.41 Å². The number of nitriles is 1. The molecule has 21 heavy (non-hydrogen) atoms. The maximum absolute atomic E-state index is 12.7. The topological polar surface area (TPSA) is 90.3 Å². The minimum Gasteiger partial charge on any atom is -0.276 e. The van der Waals surface area contributed by atoms with Gasteiger partial charge >= 0.3 is 6.03 Å². The van der Waals surface area contributed by atoms with Crippen molar-refractivity contribution in [1.29, 1.82) is 5.26 Å². The number of nitrogens with zero attached hydrogens (tertiary/aromatic N) is 2. The fourth-order valence-electron chi connectivity index (χ4n) is 2.50. The Hall–Kier alpha value is -2.68. The monoisotopic (exact) mass is 285 g/mol. The molecule has 4 amide bonds. The van der Waals surface area contributed by atoms with Gasteiger partial charge in [0, 0.05) is 0 Å². The van der Waals surface area contributed by atoms with Crippen molar-refractivity contribution in [1.82, 2.24) is 5.32 Å². The van der Waals surface area contributed by atoms with Crippen LogP contribution in [0.25, 0.3) is 0 Å². The van der Waals surface area contributed by atoms with E-state index >= 15 is 0 Å². The third kappa shape index (κ3) is 2.17. The van der Waals surface area contributed by atoms with E-state index in [-0.39, 0.29) is 5.69 Å². The van der Waals surface area contributed by atoms with E-state index < -0.39 is 23.3 Å². The Bertz CT molecular complexity index is 656. The molecule has 1 fully saturated rings. The summed E-state index contributed by atoms with van der Waals surface area (Å²) in [5, 5.41) is 11.2. The molecule has 0 aromatic heterocycles. The van der Waals surface area contributed by atoms with E-state index in [0.29, 0.717) is 18.4 Å². The summed E-state index contributed by atoms with van der Waals surface area (Å²) >= 11 is 0. The van der Waals surface area contributed by atoms with Gasteiger partial charge in [-0.3, -0.25) is 14.9 Å². The van der Waals surface area contributed by atoms with Gasteiger partial charge in [-0.25, -0.2) is 9.69 Å². The molecule has 1 aromatic carbocycles. The van der Waals surface area contributed by atoms with Crippen LogP contribution in [0.1, 0.15) is 32.3 Å². The summed E-state index contributed by atoms with van der Waals surface area (Å²) in [6.07, 6.45) is 0.603. The highest BCUT2D eigenvalue weighted by Crippen LogP contribution is 2.34. The van der Waals surface area contributed by atoms with Gasteiger partial charge in [-0.1, -0.05) is 19.9 Å².